The number of carboxylic acid groups (broad SMARTS) is 1. The predicted octanol–water partition coefficient (Wildman–Crippen LogP) is 4.58. The summed E-state index contributed by atoms with van der Waals surface area (Å²) in [6.45, 7) is 9.25. The number of unbranched alkanes of at least 4 members (excludes halogenated alkanes) is 3. The maximum atomic E-state index is 14.6. The summed E-state index contributed by atoms with van der Waals surface area (Å²) in [4.78, 5) is 163. The number of amides is 10. The summed E-state index contributed by atoms with van der Waals surface area (Å²) in [5, 5.41) is 43.3. The highest BCUT2D eigenvalue weighted by Crippen LogP contribution is 2.21. The molecule has 98 heavy (non-hydrogen) atoms. The maximum Gasteiger partial charge on any atom is 0.408 e. The van der Waals surface area contributed by atoms with Crippen molar-refractivity contribution in [2.24, 2.45) is 5.73 Å². The van der Waals surface area contributed by atoms with Gasteiger partial charge in [-0.3, -0.25) is 47.9 Å². The van der Waals surface area contributed by atoms with Crippen LogP contribution in [0.2, 0.25) is 0 Å². The normalized spacial score (nSPS) is 13.1. The number of phenols is 1. The first kappa shape index (κ1) is 78.2. The largest absolute Gasteiger partial charge is 0.508 e. The van der Waals surface area contributed by atoms with Crippen LogP contribution in [0.5, 0.6) is 5.75 Å². The molecule has 0 spiro atoms. The molecule has 0 bridgehead atoms. The number of benzene rings is 4. The Bertz CT molecular complexity index is 3480. The minimum atomic E-state index is -1.66. The summed E-state index contributed by atoms with van der Waals surface area (Å²) < 4.78 is 16.4. The minimum absolute atomic E-state index is 0.0175. The van der Waals surface area contributed by atoms with Gasteiger partial charge in [0.25, 0.3) is 0 Å². The Morgan fingerprint density at radius 1 is 0.480 bits per heavy atom. The number of alkyl carbamates (subject to hydrolysis) is 2. The van der Waals surface area contributed by atoms with E-state index in [0.29, 0.717) is 47.9 Å². The first-order chi connectivity index (χ1) is 46.5. The zero-order valence-corrected chi connectivity index (χ0v) is 56.3. The molecule has 0 fully saturated rings. The number of para-hydroxylation sites is 1. The number of nitrogens with two attached hydrogens (primary N) is 1. The van der Waals surface area contributed by atoms with E-state index in [1.165, 1.54) is 12.1 Å². The number of nitrogens with one attached hydrogen (secondary N) is 10. The number of fused-ring (bicyclic) bond motifs is 1. The fraction of sp³-hybridized carbons (Fsp3) is 0.457. The zero-order chi connectivity index (χ0) is 71.8. The number of esters is 1. The van der Waals surface area contributed by atoms with Gasteiger partial charge in [0.2, 0.25) is 47.3 Å². The van der Waals surface area contributed by atoms with E-state index < -0.39 is 120 Å². The number of carbonyl (C=O) groups excluding carboxylic acids is 11. The van der Waals surface area contributed by atoms with Crippen molar-refractivity contribution in [1.82, 2.24) is 52.8 Å². The van der Waals surface area contributed by atoms with Crippen molar-refractivity contribution in [1.29, 1.82) is 0 Å². The lowest BCUT2D eigenvalue weighted by molar-refractivity contribution is -0.156. The lowest BCUT2D eigenvalue weighted by Gasteiger charge is -2.27. The van der Waals surface area contributed by atoms with Gasteiger partial charge < -0.3 is 83.0 Å². The number of phenolic OH excluding ortho intramolecular Hbond substituents is 1. The Balaban J connectivity index is 1.18. The number of aromatic hydroxyl groups is 1. The summed E-state index contributed by atoms with van der Waals surface area (Å²) in [5.74, 6) is -7.93. The van der Waals surface area contributed by atoms with Gasteiger partial charge in [0.1, 0.15) is 66.4 Å². The van der Waals surface area contributed by atoms with Crippen LogP contribution in [-0.2, 0) is 88.0 Å². The van der Waals surface area contributed by atoms with Gasteiger partial charge in [-0.05, 0) is 133 Å². The summed E-state index contributed by atoms with van der Waals surface area (Å²) >= 11 is 0. The number of H-pyrrole nitrogens is 1. The molecule has 0 unspecified atom stereocenters. The molecule has 5 rings (SSSR count). The average Bonchev–Trinajstić information content (AvgIpc) is 1.64. The SMILES string of the molecule is CC(C)(C)OC(=O)C[C@H](NC(=O)[C@H](CCCCNC(=O)CCCCC(=O)NCCCC[C@H](NC(=O)[C@H](Cc1ccc(O)cc1)NC(=O)OC(C)(C)C)C(=O)NCC(=O)O)NC(=O)[C@H](Cc1c[nH]c2ccccc12)NC(=O)OCc1ccccc1)C(=O)N[C@@H](Cc1ccccc1)C(N)=O. The first-order valence-corrected chi connectivity index (χ1v) is 32.6. The second kappa shape index (κ2) is 39.5. The van der Waals surface area contributed by atoms with Crippen molar-refractivity contribution in [2.45, 2.75) is 185 Å². The molecule has 5 aromatic rings. The van der Waals surface area contributed by atoms with Gasteiger partial charge in [0, 0.05) is 62.3 Å². The lowest BCUT2D eigenvalue weighted by Crippen LogP contribution is -2.59. The van der Waals surface area contributed by atoms with Gasteiger partial charge in [-0.15, -0.1) is 0 Å². The van der Waals surface area contributed by atoms with Crippen LogP contribution in [0.3, 0.4) is 0 Å². The molecule has 0 aliphatic carbocycles. The van der Waals surface area contributed by atoms with E-state index in [0.717, 1.165) is 10.9 Å². The maximum absolute atomic E-state index is 14.6. The van der Waals surface area contributed by atoms with E-state index in [1.807, 2.05) is 24.3 Å². The molecule has 530 valence electrons. The van der Waals surface area contributed by atoms with Gasteiger partial charge in [-0.2, -0.15) is 0 Å². The molecule has 0 aliphatic heterocycles. The Morgan fingerprint density at radius 2 is 0.949 bits per heavy atom. The van der Waals surface area contributed by atoms with Crippen molar-refractivity contribution < 1.29 is 82.0 Å². The fourth-order valence-electron chi connectivity index (χ4n) is 10.1. The number of aliphatic carboxylic acids is 1. The Kier molecular flexibility index (Phi) is 31.5. The first-order valence-electron chi connectivity index (χ1n) is 32.6. The highest BCUT2D eigenvalue weighted by Gasteiger charge is 2.35. The standard InChI is InChI=1S/C70H93N11O17/c1-69(2,3)97-60(87)40-56(66(93)78-53(61(71)88)37-44-21-9-7-10-22-44)79-63(90)52(77-65(92)55(39-47-41-74-50-26-14-13-25-49(47)50)80-67(94)96-43-46-23-11-8-12-24-46)28-18-20-36-73-58(84)30-16-15-29-57(83)72-35-19-17-27-51(62(89)75-42-59(85)86)76-64(91)54(81-68(95)98-70(4,5)6)38-45-31-33-48(82)34-32-45/h7-14,21-26,31-34,41,51-56,74,82H,15-20,27-30,35-40,42-43H2,1-6H3,(H2,71,88)(H,72,83)(H,73,84)(H,75,89)(H,76,91)(H,77,92)(H,78,93)(H,79,90)(H,80,94)(H,81,95)(H,85,86)/t51-,52-,53-,54-,55-,56-/m0/s1. The molecule has 1 aromatic heterocycles. The van der Waals surface area contributed by atoms with E-state index >= 15 is 0 Å². The quantitative estimate of drug-likeness (QED) is 0.0145. The number of hydrogen-bond acceptors (Lipinski definition) is 16. The number of rotatable bonds is 39. The molecule has 0 saturated carbocycles. The molecular formula is C70H93N11O17. The number of aromatic amines is 1. The number of aromatic nitrogens is 1. The van der Waals surface area contributed by atoms with Crippen molar-refractivity contribution in [2.75, 3.05) is 19.6 Å². The third kappa shape index (κ3) is 30.0. The van der Waals surface area contributed by atoms with E-state index in [9.17, 15) is 67.7 Å². The molecule has 1 heterocycles. The van der Waals surface area contributed by atoms with Gasteiger partial charge >= 0.3 is 24.1 Å². The monoisotopic (exact) mass is 1360 g/mol. The highest BCUT2D eigenvalue weighted by atomic mass is 16.6. The van der Waals surface area contributed by atoms with Gasteiger partial charge in [-0.25, -0.2) is 9.59 Å². The van der Waals surface area contributed by atoms with Crippen LogP contribution in [0.25, 0.3) is 10.9 Å². The van der Waals surface area contributed by atoms with Gasteiger partial charge in [-0.1, -0.05) is 91.0 Å². The van der Waals surface area contributed by atoms with Crippen LogP contribution in [0, 0.1) is 0 Å². The molecule has 14 N–H and O–H groups in total. The second-order valence-corrected chi connectivity index (χ2v) is 25.5. The second-order valence-electron chi connectivity index (χ2n) is 25.5. The Morgan fingerprint density at radius 3 is 1.51 bits per heavy atom. The smallest absolute Gasteiger partial charge is 0.408 e. The van der Waals surface area contributed by atoms with Crippen molar-refractivity contribution in [3.63, 3.8) is 0 Å². The lowest BCUT2D eigenvalue weighted by atomic mass is 10.0. The van der Waals surface area contributed by atoms with Crippen LogP contribution in [0.1, 0.15) is 134 Å². The van der Waals surface area contributed by atoms with Crippen molar-refractivity contribution in [3.05, 3.63) is 138 Å². The topological polar surface area (TPSA) is 423 Å². The third-order valence-electron chi connectivity index (χ3n) is 14.9. The summed E-state index contributed by atoms with van der Waals surface area (Å²) in [5.41, 5.74) is 7.15. The van der Waals surface area contributed by atoms with Crippen molar-refractivity contribution in [3.8, 4) is 5.75 Å². The number of carboxylic acids is 1. The van der Waals surface area contributed by atoms with Crippen LogP contribution in [-0.4, -0.2) is 154 Å². The van der Waals surface area contributed by atoms with Crippen LogP contribution in [0.15, 0.2) is 115 Å². The van der Waals surface area contributed by atoms with Gasteiger partial charge in [0.05, 0.1) is 6.42 Å². The van der Waals surface area contributed by atoms with E-state index in [2.05, 4.69) is 52.8 Å². The Labute approximate surface area is 569 Å². The molecule has 0 saturated heterocycles. The molecule has 0 radical (unpaired) electrons. The predicted molar refractivity (Wildman–Crippen MR) is 361 cm³/mol. The highest BCUT2D eigenvalue weighted by molar-refractivity contribution is 5.97. The molecule has 28 nitrogen and oxygen atoms in total. The Hall–Kier alpha value is -10.5. The molecule has 0 aliphatic rings. The molecular weight excluding hydrogens is 1270 g/mol. The molecule has 10 amide bonds. The third-order valence-corrected chi connectivity index (χ3v) is 14.9. The average molecular weight is 1360 g/mol. The number of carbonyl (C=O) groups is 12. The van der Waals surface area contributed by atoms with Crippen LogP contribution < -0.4 is 53.6 Å². The zero-order valence-electron chi connectivity index (χ0n) is 56.3. The molecule has 28 heteroatoms. The van der Waals surface area contributed by atoms with E-state index in [4.69, 9.17) is 19.9 Å². The molecule has 6 atom stereocenters. The summed E-state index contributed by atoms with van der Waals surface area (Å²) in [7, 11) is 0. The number of ether oxygens (including phenoxy) is 3. The molecule has 4 aromatic carbocycles. The number of hydrogen-bond donors (Lipinski definition) is 13. The fourth-order valence-corrected chi connectivity index (χ4v) is 10.1. The van der Waals surface area contributed by atoms with E-state index in [1.54, 1.807) is 121 Å². The van der Waals surface area contributed by atoms with Crippen LogP contribution in [0.4, 0.5) is 9.59 Å². The van der Waals surface area contributed by atoms with Crippen molar-refractivity contribution >= 4 is 82.3 Å². The van der Waals surface area contributed by atoms with Gasteiger partial charge in [0.15, 0.2) is 0 Å². The van der Waals surface area contributed by atoms with Crippen LogP contribution >= 0.6 is 0 Å². The number of primary amides is 1. The summed E-state index contributed by atoms with van der Waals surface area (Å²) in [6, 6.07) is 22.6. The minimum Gasteiger partial charge on any atom is -0.508 e. The van der Waals surface area contributed by atoms with E-state index in [-0.39, 0.29) is 95.0 Å². The summed E-state index contributed by atoms with van der Waals surface area (Å²) in [6.07, 6.45) is 0.943.